The monoisotopic (exact) mass is 346 g/mol. The summed E-state index contributed by atoms with van der Waals surface area (Å²) in [6.07, 6.45) is 6.53. The number of likely N-dealkylation sites (tertiary alicyclic amines) is 1. The molecular formula is C16H18N4OS2. The second-order valence-electron chi connectivity index (χ2n) is 6.18. The van der Waals surface area contributed by atoms with Crippen LogP contribution < -0.4 is 5.32 Å². The number of hydrogen-bond donors (Lipinski definition) is 1. The van der Waals surface area contributed by atoms with E-state index in [-0.39, 0.29) is 10.7 Å². The number of pyridine rings is 1. The van der Waals surface area contributed by atoms with Gasteiger partial charge in [-0.1, -0.05) is 6.07 Å². The zero-order valence-electron chi connectivity index (χ0n) is 12.6. The zero-order chi connectivity index (χ0) is 15.7. The predicted molar refractivity (Wildman–Crippen MR) is 92.7 cm³/mol. The summed E-state index contributed by atoms with van der Waals surface area (Å²) < 4.78 is 4.27. The molecule has 120 valence electrons. The lowest BCUT2D eigenvalue weighted by atomic mass is 9.92. The Hall–Kier alpha value is -1.44. The Morgan fingerprint density at radius 3 is 3.04 bits per heavy atom. The van der Waals surface area contributed by atoms with Crippen LogP contribution in [-0.4, -0.2) is 49.8 Å². The molecule has 4 heterocycles. The highest BCUT2D eigenvalue weighted by molar-refractivity contribution is 8.01. The van der Waals surface area contributed by atoms with Crippen LogP contribution in [0.4, 0.5) is 0 Å². The largest absolute Gasteiger partial charge is 0.335 e. The first kappa shape index (κ1) is 15.1. The van der Waals surface area contributed by atoms with Gasteiger partial charge in [0.15, 0.2) is 0 Å². The van der Waals surface area contributed by atoms with Crippen molar-refractivity contribution in [3.8, 4) is 0 Å². The Balaban J connectivity index is 1.27. The van der Waals surface area contributed by atoms with E-state index in [2.05, 4.69) is 20.7 Å². The summed E-state index contributed by atoms with van der Waals surface area (Å²) in [6, 6.07) is 6.38. The van der Waals surface area contributed by atoms with Gasteiger partial charge in [-0.05, 0) is 35.6 Å². The smallest absolute Gasteiger partial charge is 0.265 e. The number of nitrogens with zero attached hydrogens (tertiary/aromatic N) is 3. The van der Waals surface area contributed by atoms with Gasteiger partial charge in [0.2, 0.25) is 0 Å². The minimum absolute atomic E-state index is 0.130. The lowest BCUT2D eigenvalue weighted by Gasteiger charge is -2.47. The Morgan fingerprint density at radius 2 is 2.30 bits per heavy atom. The molecule has 2 saturated heterocycles. The maximum atomic E-state index is 12.3. The highest BCUT2D eigenvalue weighted by Gasteiger charge is 2.50. The second kappa shape index (κ2) is 6.22. The zero-order valence-corrected chi connectivity index (χ0v) is 14.3. The van der Waals surface area contributed by atoms with Crippen molar-refractivity contribution in [1.29, 1.82) is 0 Å². The number of thioether (sulfide) groups is 1. The van der Waals surface area contributed by atoms with Crippen molar-refractivity contribution in [3.05, 3.63) is 47.2 Å². The highest BCUT2D eigenvalue weighted by Crippen LogP contribution is 2.45. The van der Waals surface area contributed by atoms with E-state index in [1.807, 2.05) is 28.9 Å². The van der Waals surface area contributed by atoms with Crippen molar-refractivity contribution in [1.82, 2.24) is 19.6 Å². The molecule has 2 fully saturated rings. The summed E-state index contributed by atoms with van der Waals surface area (Å²) >= 11 is 3.29. The molecule has 2 aliphatic heterocycles. The number of nitrogens with one attached hydrogen (secondary N) is 1. The first-order chi connectivity index (χ1) is 11.2. The molecule has 2 aromatic heterocycles. The van der Waals surface area contributed by atoms with E-state index in [1.54, 1.807) is 18.5 Å². The summed E-state index contributed by atoms with van der Waals surface area (Å²) in [5.74, 6) is 1.24. The van der Waals surface area contributed by atoms with Crippen molar-refractivity contribution in [2.75, 3.05) is 18.8 Å². The Labute approximate surface area is 143 Å². The first-order valence-electron chi connectivity index (χ1n) is 7.70. The van der Waals surface area contributed by atoms with Crippen LogP contribution in [0.5, 0.6) is 0 Å². The number of hydrogen-bond acceptors (Lipinski definition) is 6. The molecule has 1 amide bonds. The maximum Gasteiger partial charge on any atom is 0.265 e. The molecule has 0 radical (unpaired) electrons. The van der Waals surface area contributed by atoms with Gasteiger partial charge in [-0.15, -0.1) is 11.8 Å². The highest BCUT2D eigenvalue weighted by atomic mass is 32.2. The molecule has 2 aliphatic rings. The van der Waals surface area contributed by atoms with Crippen molar-refractivity contribution < 1.29 is 4.79 Å². The van der Waals surface area contributed by atoms with Crippen LogP contribution in [-0.2, 0) is 6.54 Å². The third kappa shape index (κ3) is 3.13. The van der Waals surface area contributed by atoms with Crippen LogP contribution in [0.15, 0.2) is 36.8 Å². The molecule has 2 aromatic rings. The van der Waals surface area contributed by atoms with Crippen LogP contribution >= 0.6 is 23.3 Å². The van der Waals surface area contributed by atoms with E-state index in [0.717, 1.165) is 36.7 Å². The first-order valence-corrected chi connectivity index (χ1v) is 9.46. The molecule has 1 unspecified atom stereocenters. The summed E-state index contributed by atoms with van der Waals surface area (Å²) in [7, 11) is 0. The number of amides is 1. The van der Waals surface area contributed by atoms with Crippen LogP contribution in [0.3, 0.4) is 0 Å². The topological polar surface area (TPSA) is 58.1 Å². The molecule has 0 aliphatic carbocycles. The molecule has 23 heavy (non-hydrogen) atoms. The number of aromatic nitrogens is 2. The fraction of sp³-hybridized carbons (Fsp3) is 0.438. The fourth-order valence-electron chi connectivity index (χ4n) is 3.24. The quantitative estimate of drug-likeness (QED) is 0.918. The lowest BCUT2D eigenvalue weighted by molar-refractivity contribution is 0.0557. The Bertz CT molecular complexity index is 671. The van der Waals surface area contributed by atoms with Gasteiger partial charge in [0.25, 0.3) is 5.91 Å². The van der Waals surface area contributed by atoms with Gasteiger partial charge >= 0.3 is 0 Å². The molecule has 1 spiro atoms. The minimum Gasteiger partial charge on any atom is -0.335 e. The van der Waals surface area contributed by atoms with E-state index in [1.165, 1.54) is 17.1 Å². The molecule has 7 heteroatoms. The van der Waals surface area contributed by atoms with Gasteiger partial charge in [0, 0.05) is 50.0 Å². The normalized spacial score (nSPS) is 22.3. The SMILES string of the molecule is O=C(c1ccns1)N1CC2(CC(NCc3cccnc3)CS2)C1. The van der Waals surface area contributed by atoms with Crippen molar-refractivity contribution in [3.63, 3.8) is 0 Å². The third-order valence-corrected chi connectivity index (χ3v) is 6.76. The van der Waals surface area contributed by atoms with E-state index >= 15 is 0 Å². The van der Waals surface area contributed by atoms with Crippen LogP contribution in [0.25, 0.3) is 0 Å². The molecule has 1 N–H and O–H groups in total. The van der Waals surface area contributed by atoms with E-state index < -0.39 is 0 Å². The second-order valence-corrected chi connectivity index (χ2v) is 8.50. The Kier molecular flexibility index (Phi) is 4.09. The summed E-state index contributed by atoms with van der Waals surface area (Å²) in [5.41, 5.74) is 1.22. The van der Waals surface area contributed by atoms with Crippen molar-refractivity contribution >= 4 is 29.2 Å². The van der Waals surface area contributed by atoms with E-state index in [4.69, 9.17) is 0 Å². The van der Waals surface area contributed by atoms with Gasteiger partial charge in [-0.25, -0.2) is 4.37 Å². The molecule has 0 bridgehead atoms. The predicted octanol–water partition coefficient (Wildman–Crippen LogP) is 2.03. The summed E-state index contributed by atoms with van der Waals surface area (Å²) in [6.45, 7) is 2.58. The molecule has 0 saturated carbocycles. The van der Waals surface area contributed by atoms with Gasteiger partial charge < -0.3 is 10.2 Å². The lowest BCUT2D eigenvalue weighted by Crippen LogP contribution is -2.60. The average molecular weight is 346 g/mol. The van der Waals surface area contributed by atoms with Gasteiger partial charge in [0.1, 0.15) is 4.88 Å². The van der Waals surface area contributed by atoms with Crippen LogP contribution in [0, 0.1) is 0 Å². The number of rotatable bonds is 4. The molecule has 4 rings (SSSR count). The standard InChI is InChI=1S/C16H18N4OS2/c21-15(14-3-5-19-23-14)20-10-16(11-20)6-13(9-22-16)18-8-12-2-1-4-17-7-12/h1-5,7,13,18H,6,8-11H2. The van der Waals surface area contributed by atoms with Gasteiger partial charge in [-0.2, -0.15) is 0 Å². The molecular weight excluding hydrogens is 328 g/mol. The average Bonchev–Trinajstić information content (AvgIpc) is 3.22. The van der Waals surface area contributed by atoms with Crippen LogP contribution in [0.2, 0.25) is 0 Å². The number of carbonyl (C=O) groups excluding carboxylic acids is 1. The number of carbonyl (C=O) groups is 1. The molecule has 0 aromatic carbocycles. The van der Waals surface area contributed by atoms with Gasteiger partial charge in [-0.3, -0.25) is 9.78 Å². The third-order valence-electron chi connectivity index (χ3n) is 4.42. The van der Waals surface area contributed by atoms with E-state index in [0.29, 0.717) is 6.04 Å². The fourth-order valence-corrected chi connectivity index (χ4v) is 5.40. The maximum absolute atomic E-state index is 12.3. The summed E-state index contributed by atoms with van der Waals surface area (Å²) in [5, 5.41) is 3.62. The van der Waals surface area contributed by atoms with E-state index in [9.17, 15) is 4.79 Å². The Morgan fingerprint density at radius 1 is 1.39 bits per heavy atom. The van der Waals surface area contributed by atoms with Crippen LogP contribution in [0.1, 0.15) is 21.7 Å². The van der Waals surface area contributed by atoms with Crippen molar-refractivity contribution in [2.24, 2.45) is 0 Å². The van der Waals surface area contributed by atoms with Gasteiger partial charge in [0.05, 0.1) is 4.75 Å². The minimum atomic E-state index is 0.130. The molecule has 5 nitrogen and oxygen atoms in total. The molecule has 1 atom stereocenters. The van der Waals surface area contributed by atoms with Crippen molar-refractivity contribution in [2.45, 2.75) is 23.8 Å². The summed E-state index contributed by atoms with van der Waals surface area (Å²) in [4.78, 5) is 19.1.